The highest BCUT2D eigenvalue weighted by Crippen LogP contribution is 2.31. The summed E-state index contributed by atoms with van der Waals surface area (Å²) in [5, 5.41) is -0.0802. The minimum Gasteiger partial charge on any atom is -0.302 e. The van der Waals surface area contributed by atoms with E-state index in [1.54, 1.807) is 0 Å². The molecule has 1 rings (SSSR count). The number of hydrogen-bond acceptors (Lipinski definition) is 2. The highest BCUT2D eigenvalue weighted by molar-refractivity contribution is 6.29. The average Bonchev–Trinajstić information content (AvgIpc) is 2.16. The zero-order chi connectivity index (χ0) is 12.2. The van der Waals surface area contributed by atoms with Crippen molar-refractivity contribution >= 4 is 17.9 Å². The lowest BCUT2D eigenvalue weighted by molar-refractivity contribution is -0.138. The van der Waals surface area contributed by atoms with Crippen molar-refractivity contribution in [3.8, 4) is 11.8 Å². The van der Waals surface area contributed by atoms with E-state index >= 15 is 0 Å². The Kier molecular flexibility index (Phi) is 3.91. The van der Waals surface area contributed by atoms with Gasteiger partial charge < -0.3 is 4.79 Å². The van der Waals surface area contributed by atoms with E-state index < -0.39 is 11.7 Å². The zero-order valence-corrected chi connectivity index (χ0v) is 8.56. The van der Waals surface area contributed by atoms with E-state index in [9.17, 15) is 18.0 Å². The van der Waals surface area contributed by atoms with Crippen molar-refractivity contribution in [3.63, 3.8) is 0 Å². The van der Waals surface area contributed by atoms with Crippen molar-refractivity contribution in [1.82, 2.24) is 4.98 Å². The Morgan fingerprint density at radius 3 is 2.75 bits per heavy atom. The van der Waals surface area contributed by atoms with Crippen molar-refractivity contribution in [2.24, 2.45) is 0 Å². The molecule has 1 aromatic heterocycles. The van der Waals surface area contributed by atoms with Gasteiger partial charge in [0, 0.05) is 11.8 Å². The fraction of sp³-hybridized carbons (Fsp3) is 0.200. The molecule has 0 aromatic carbocycles. The van der Waals surface area contributed by atoms with Crippen LogP contribution in [0.1, 0.15) is 17.5 Å². The number of carbonyl (C=O) groups excluding carboxylic acids is 1. The molecule has 84 valence electrons. The molecule has 0 radical (unpaired) electrons. The van der Waals surface area contributed by atoms with Crippen LogP contribution < -0.4 is 0 Å². The largest absolute Gasteiger partial charge is 0.419 e. The van der Waals surface area contributed by atoms with Gasteiger partial charge in [-0.05, 0) is 6.07 Å². The first-order valence-electron chi connectivity index (χ1n) is 4.10. The maximum Gasteiger partial charge on any atom is 0.419 e. The van der Waals surface area contributed by atoms with Gasteiger partial charge >= 0.3 is 6.18 Å². The van der Waals surface area contributed by atoms with Gasteiger partial charge in [-0.15, -0.1) is 0 Å². The third-order valence-corrected chi connectivity index (χ3v) is 1.79. The zero-order valence-electron chi connectivity index (χ0n) is 7.81. The van der Waals surface area contributed by atoms with Gasteiger partial charge in [0.2, 0.25) is 0 Å². The minimum absolute atomic E-state index is 0.0802. The van der Waals surface area contributed by atoms with Gasteiger partial charge in [-0.1, -0.05) is 23.4 Å². The molecular weight excluding hydrogens is 243 g/mol. The first-order chi connectivity index (χ1) is 7.45. The summed E-state index contributed by atoms with van der Waals surface area (Å²) in [7, 11) is 0. The summed E-state index contributed by atoms with van der Waals surface area (Å²) in [6.45, 7) is 0. The summed E-state index contributed by atoms with van der Waals surface area (Å²) < 4.78 is 37.4. The van der Waals surface area contributed by atoms with Gasteiger partial charge in [0.15, 0.2) is 0 Å². The number of halogens is 4. The van der Waals surface area contributed by atoms with Gasteiger partial charge in [-0.2, -0.15) is 13.2 Å². The molecule has 2 nitrogen and oxygen atoms in total. The number of carbonyl (C=O) groups is 1. The molecule has 0 atom stereocenters. The van der Waals surface area contributed by atoms with Crippen molar-refractivity contribution in [3.05, 3.63) is 28.5 Å². The maximum atomic E-state index is 12.5. The van der Waals surface area contributed by atoms with E-state index in [0.29, 0.717) is 12.5 Å². The molecule has 0 saturated carbocycles. The predicted molar refractivity (Wildman–Crippen MR) is 51.8 cm³/mol. The van der Waals surface area contributed by atoms with Crippen LogP contribution in [-0.4, -0.2) is 11.3 Å². The summed E-state index contributed by atoms with van der Waals surface area (Å²) in [5.74, 6) is 4.52. The molecule has 0 N–H and O–H groups in total. The average molecular weight is 248 g/mol. The van der Waals surface area contributed by atoms with Crippen LogP contribution in [-0.2, 0) is 11.0 Å². The van der Waals surface area contributed by atoms with Crippen molar-refractivity contribution in [2.75, 3.05) is 0 Å². The number of rotatable bonds is 1. The lowest BCUT2D eigenvalue weighted by Gasteiger charge is -2.08. The van der Waals surface area contributed by atoms with Gasteiger partial charge in [-0.25, -0.2) is 4.98 Å². The molecule has 0 aliphatic heterocycles. The standard InChI is InChI=1S/C10H5ClF3NO/c11-9-5-7(3-1-2-4-16)8(6-15-9)10(12,13)14/h4-6H,2H2. The molecule has 0 aliphatic carbocycles. The van der Waals surface area contributed by atoms with E-state index in [0.717, 1.165) is 6.07 Å². The van der Waals surface area contributed by atoms with Crippen molar-refractivity contribution in [1.29, 1.82) is 0 Å². The van der Waals surface area contributed by atoms with E-state index in [1.165, 1.54) is 0 Å². The van der Waals surface area contributed by atoms with E-state index in [1.807, 2.05) is 0 Å². The molecule has 1 heterocycles. The SMILES string of the molecule is O=CCC#Cc1cc(Cl)ncc1C(F)(F)F. The van der Waals surface area contributed by atoms with Gasteiger partial charge in [0.1, 0.15) is 11.4 Å². The van der Waals surface area contributed by atoms with E-state index in [-0.39, 0.29) is 17.1 Å². The second-order valence-corrected chi connectivity index (χ2v) is 3.11. The number of nitrogens with zero attached hydrogens (tertiary/aromatic N) is 1. The normalized spacial score (nSPS) is 10.5. The van der Waals surface area contributed by atoms with Gasteiger partial charge in [-0.3, -0.25) is 0 Å². The Morgan fingerprint density at radius 2 is 2.19 bits per heavy atom. The smallest absolute Gasteiger partial charge is 0.302 e. The highest BCUT2D eigenvalue weighted by atomic mass is 35.5. The first-order valence-corrected chi connectivity index (χ1v) is 4.48. The van der Waals surface area contributed by atoms with E-state index in [4.69, 9.17) is 11.6 Å². The summed E-state index contributed by atoms with van der Waals surface area (Å²) in [6.07, 6.45) is -3.55. The summed E-state index contributed by atoms with van der Waals surface area (Å²) in [5.41, 5.74) is -1.25. The number of pyridine rings is 1. The third-order valence-electron chi connectivity index (χ3n) is 1.58. The number of aldehydes is 1. The Balaban J connectivity index is 3.20. The molecule has 0 saturated heterocycles. The number of aromatic nitrogens is 1. The van der Waals surface area contributed by atoms with Crippen LogP contribution in [0.4, 0.5) is 13.2 Å². The first kappa shape index (κ1) is 12.5. The summed E-state index contributed by atoms with van der Waals surface area (Å²) >= 11 is 5.46. The molecule has 1 aromatic rings. The maximum absolute atomic E-state index is 12.5. The molecular formula is C10H5ClF3NO. The van der Waals surface area contributed by atoms with Crippen LogP contribution in [0, 0.1) is 11.8 Å². The molecule has 0 bridgehead atoms. The fourth-order valence-electron chi connectivity index (χ4n) is 0.947. The van der Waals surface area contributed by atoms with Crippen molar-refractivity contribution in [2.45, 2.75) is 12.6 Å². The predicted octanol–water partition coefficient (Wildman–Crippen LogP) is 2.69. The molecule has 0 spiro atoms. The van der Waals surface area contributed by atoms with Crippen molar-refractivity contribution < 1.29 is 18.0 Å². The molecule has 0 fully saturated rings. The quantitative estimate of drug-likeness (QED) is 0.434. The van der Waals surface area contributed by atoms with Crippen LogP contribution in [0.5, 0.6) is 0 Å². The molecule has 0 amide bonds. The molecule has 6 heteroatoms. The Hall–Kier alpha value is -1.54. The van der Waals surface area contributed by atoms with Gasteiger partial charge in [0.25, 0.3) is 0 Å². The van der Waals surface area contributed by atoms with Crippen LogP contribution in [0.15, 0.2) is 12.3 Å². The van der Waals surface area contributed by atoms with E-state index in [2.05, 4.69) is 16.8 Å². The Bertz CT molecular complexity index is 459. The second kappa shape index (κ2) is 4.99. The minimum atomic E-state index is -4.54. The Morgan fingerprint density at radius 1 is 1.50 bits per heavy atom. The Labute approximate surface area is 94.4 Å². The highest BCUT2D eigenvalue weighted by Gasteiger charge is 2.33. The molecule has 0 aliphatic rings. The third kappa shape index (κ3) is 3.24. The fourth-order valence-corrected chi connectivity index (χ4v) is 1.11. The molecule has 16 heavy (non-hydrogen) atoms. The monoisotopic (exact) mass is 247 g/mol. The second-order valence-electron chi connectivity index (χ2n) is 2.72. The summed E-state index contributed by atoms with van der Waals surface area (Å²) in [6, 6.07) is 1.02. The lowest BCUT2D eigenvalue weighted by atomic mass is 10.1. The topological polar surface area (TPSA) is 30.0 Å². The number of alkyl halides is 3. The lowest BCUT2D eigenvalue weighted by Crippen LogP contribution is -2.08. The number of hydrogen-bond donors (Lipinski definition) is 0. The van der Waals surface area contributed by atoms with Crippen LogP contribution >= 0.6 is 11.6 Å². The molecule has 0 unspecified atom stereocenters. The van der Waals surface area contributed by atoms with Crippen LogP contribution in [0.25, 0.3) is 0 Å². The van der Waals surface area contributed by atoms with Gasteiger partial charge in [0.05, 0.1) is 12.0 Å². The van der Waals surface area contributed by atoms with Crippen LogP contribution in [0.2, 0.25) is 5.15 Å². The van der Waals surface area contributed by atoms with Crippen LogP contribution in [0.3, 0.4) is 0 Å². The summed E-state index contributed by atoms with van der Waals surface area (Å²) in [4.78, 5) is 13.3.